The number of H-pyrrole nitrogens is 2. The van der Waals surface area contributed by atoms with E-state index in [1.54, 1.807) is 24.3 Å². The zero-order chi connectivity index (χ0) is 24.5. The molecule has 1 aromatic carbocycles. The maximum atomic E-state index is 5.54. The van der Waals surface area contributed by atoms with Gasteiger partial charge in [0.1, 0.15) is 0 Å². The van der Waals surface area contributed by atoms with Gasteiger partial charge in [-0.15, -0.1) is 0 Å². The van der Waals surface area contributed by atoms with Gasteiger partial charge in [0.15, 0.2) is 0 Å². The van der Waals surface area contributed by atoms with Crippen molar-refractivity contribution in [3.8, 4) is 0 Å². The molecule has 0 amide bonds. The number of nitrogens with one attached hydrogen (secondary N) is 2. The Kier molecular flexibility index (Phi) is 5.74. The van der Waals surface area contributed by atoms with Crippen molar-refractivity contribution in [3.05, 3.63) is 102 Å². The first-order valence-electron chi connectivity index (χ1n) is 10.6. The van der Waals surface area contributed by atoms with Crippen molar-refractivity contribution in [1.82, 2.24) is 19.9 Å². The van der Waals surface area contributed by atoms with Crippen LogP contribution in [0, 0.1) is 0 Å². The zero-order valence-electron chi connectivity index (χ0n) is 18.8. The number of nitrogens with two attached hydrogens (primary N) is 4. The second-order valence-corrected chi connectivity index (χ2v) is 11.6. The van der Waals surface area contributed by atoms with Gasteiger partial charge in [-0.2, -0.15) is 0 Å². The van der Waals surface area contributed by atoms with Crippen LogP contribution in [0.15, 0.2) is 78.9 Å². The summed E-state index contributed by atoms with van der Waals surface area (Å²) in [5, 5.41) is 0. The van der Waals surface area contributed by atoms with E-state index >= 15 is 0 Å². The van der Waals surface area contributed by atoms with Gasteiger partial charge >= 0.3 is 66.5 Å². The van der Waals surface area contributed by atoms with Gasteiger partial charge in [-0.05, 0) is 72.8 Å². The molecule has 0 unspecified atom stereocenters. The molecule has 0 radical (unpaired) electrons. The predicted molar refractivity (Wildman–Crippen MR) is 142 cm³/mol. The van der Waals surface area contributed by atoms with Crippen LogP contribution in [0.2, 0.25) is 0 Å². The molecule has 35 heavy (non-hydrogen) atoms. The van der Waals surface area contributed by atoms with Crippen molar-refractivity contribution in [2.24, 2.45) is 19.0 Å². The molecule has 10 N–H and O–H groups in total. The number of fused-ring (bicyclic) bond motifs is 8. The van der Waals surface area contributed by atoms with E-state index in [2.05, 4.69) is 44.2 Å². The summed E-state index contributed by atoms with van der Waals surface area (Å²) in [4.78, 5) is 16.0. The van der Waals surface area contributed by atoms with Crippen molar-refractivity contribution >= 4 is 50.8 Å². The molecular formula is C26H27CuN8. The molecule has 3 aromatic heterocycles. The Labute approximate surface area is 203 Å². The SMILES string of the molecule is C1=Cc2cc3ccc(cc4nc(cc5ccc(cc1n2)[nH]5)C=C4)[nH]3.[NH2][Cu]([NH2])([NH2])([NH2])[c]1ccccc1. The number of aromatic amines is 2. The summed E-state index contributed by atoms with van der Waals surface area (Å²) in [5.74, 6) is 0. The van der Waals surface area contributed by atoms with Crippen LogP contribution in [0.25, 0.3) is 46.4 Å². The molecule has 2 aliphatic heterocycles. The van der Waals surface area contributed by atoms with E-state index in [4.69, 9.17) is 19.0 Å². The average Bonchev–Trinajstić information content (AvgIpc) is 3.60. The van der Waals surface area contributed by atoms with Gasteiger partial charge in [-0.1, -0.05) is 0 Å². The fraction of sp³-hybridized carbons (Fsp3) is 0. The minimum atomic E-state index is -3.21. The number of hydrogen-bond acceptors (Lipinski definition) is 6. The molecule has 8 bridgehead atoms. The number of hydrogen-bond donors (Lipinski definition) is 6. The topological polar surface area (TPSA) is 161 Å². The van der Waals surface area contributed by atoms with Crippen LogP contribution in [0.1, 0.15) is 22.8 Å². The normalized spacial score (nSPS) is 13.5. The first-order chi connectivity index (χ1) is 16.7. The van der Waals surface area contributed by atoms with Crippen LogP contribution >= 0.6 is 0 Å². The van der Waals surface area contributed by atoms with Gasteiger partial charge in [0, 0.05) is 22.1 Å². The van der Waals surface area contributed by atoms with Crippen LogP contribution in [0.3, 0.4) is 0 Å². The Balaban J connectivity index is 0.000000195. The Hall–Kier alpha value is -3.82. The van der Waals surface area contributed by atoms with Crippen molar-refractivity contribution in [2.75, 3.05) is 0 Å². The summed E-state index contributed by atoms with van der Waals surface area (Å²) >= 11 is -3.21. The third-order valence-corrected chi connectivity index (χ3v) is 6.72. The third-order valence-electron chi connectivity index (χ3n) is 5.15. The number of benzene rings is 1. The van der Waals surface area contributed by atoms with Crippen LogP contribution in [-0.2, 0) is 12.7 Å². The summed E-state index contributed by atoms with van der Waals surface area (Å²) in [6, 6.07) is 25.2. The van der Waals surface area contributed by atoms with Crippen molar-refractivity contribution in [3.63, 3.8) is 0 Å². The molecule has 0 fully saturated rings. The van der Waals surface area contributed by atoms with Gasteiger partial charge in [0.25, 0.3) is 0 Å². The summed E-state index contributed by atoms with van der Waals surface area (Å²) < 4.78 is 22.7. The quantitative estimate of drug-likeness (QED) is 0.185. The summed E-state index contributed by atoms with van der Waals surface area (Å²) in [5.41, 5.74) is 7.86. The van der Waals surface area contributed by atoms with Crippen LogP contribution < -0.4 is 23.5 Å². The molecule has 182 valence electrons. The van der Waals surface area contributed by atoms with E-state index in [1.165, 1.54) is 0 Å². The van der Waals surface area contributed by atoms with Gasteiger partial charge in [0.2, 0.25) is 0 Å². The van der Waals surface area contributed by atoms with Crippen LogP contribution in [-0.4, -0.2) is 19.9 Å². The molecule has 0 saturated heterocycles. The zero-order valence-corrected chi connectivity index (χ0v) is 19.8. The van der Waals surface area contributed by atoms with Crippen LogP contribution in [0.5, 0.6) is 0 Å². The van der Waals surface area contributed by atoms with Gasteiger partial charge in [0.05, 0.1) is 22.8 Å². The number of nitrogens with zero attached hydrogens (tertiary/aromatic N) is 2. The summed E-state index contributed by atoms with van der Waals surface area (Å²) in [6.45, 7) is 0. The summed E-state index contributed by atoms with van der Waals surface area (Å²) in [6.07, 6.45) is 8.09. The number of rotatable bonds is 1. The molecule has 0 saturated carbocycles. The average molecular weight is 515 g/mol. The van der Waals surface area contributed by atoms with E-state index in [9.17, 15) is 0 Å². The molecule has 4 aromatic rings. The van der Waals surface area contributed by atoms with Crippen LogP contribution in [0.4, 0.5) is 0 Å². The molecule has 0 aliphatic carbocycles. The molecule has 6 rings (SSSR count). The second kappa shape index (κ2) is 8.75. The summed E-state index contributed by atoms with van der Waals surface area (Å²) in [7, 11) is 0. The molecule has 9 heteroatoms. The Bertz CT molecular complexity index is 1420. The standard InChI is InChI=1S/C20H14N4.C6H5.Cu.4H2N/c1-2-14-10-16-5-6-18(23-16)12-20-8-7-19(24-20)11-17-4-3-15(22-17)9-13(1)21-14;1-2-4-6-5-3-1;;;;;/h1-12,21,24H;1-5H;;4*1H2/q;;+4;4*-1. The van der Waals surface area contributed by atoms with E-state index in [0.29, 0.717) is 4.46 Å². The number of aromatic nitrogens is 4. The minimum absolute atomic E-state index is 0.597. The van der Waals surface area contributed by atoms with Crippen molar-refractivity contribution < 1.29 is 12.7 Å². The molecule has 0 spiro atoms. The van der Waals surface area contributed by atoms with E-state index in [1.807, 2.05) is 54.6 Å². The van der Waals surface area contributed by atoms with Gasteiger partial charge < -0.3 is 9.97 Å². The van der Waals surface area contributed by atoms with E-state index < -0.39 is 12.7 Å². The predicted octanol–water partition coefficient (Wildman–Crippen LogP) is 3.15. The Morgan fingerprint density at radius 2 is 0.829 bits per heavy atom. The maximum absolute atomic E-state index is 5.54. The Morgan fingerprint density at radius 1 is 0.486 bits per heavy atom. The molecule has 8 nitrogen and oxygen atoms in total. The Morgan fingerprint density at radius 3 is 1.11 bits per heavy atom. The molecule has 2 aliphatic rings. The molecule has 0 atom stereocenters. The fourth-order valence-electron chi connectivity index (χ4n) is 3.58. The van der Waals surface area contributed by atoms with Gasteiger partial charge in [-0.25, -0.2) is 9.97 Å². The fourth-order valence-corrected chi connectivity index (χ4v) is 4.48. The first kappa shape index (κ1) is 22.9. The van der Waals surface area contributed by atoms with Gasteiger partial charge in [-0.3, -0.25) is 0 Å². The van der Waals surface area contributed by atoms with E-state index in [0.717, 1.165) is 44.8 Å². The third kappa shape index (κ3) is 5.82. The second-order valence-electron chi connectivity index (χ2n) is 8.11. The van der Waals surface area contributed by atoms with E-state index in [-0.39, 0.29) is 0 Å². The molecule has 5 heterocycles. The first-order valence-corrected chi connectivity index (χ1v) is 13.2. The monoisotopic (exact) mass is 514 g/mol. The molecular weight excluding hydrogens is 488 g/mol. The van der Waals surface area contributed by atoms with Crippen molar-refractivity contribution in [2.45, 2.75) is 0 Å². The van der Waals surface area contributed by atoms with Crippen molar-refractivity contribution in [1.29, 1.82) is 0 Å².